The number of thiazole rings is 1. The van der Waals surface area contributed by atoms with Crippen molar-refractivity contribution >= 4 is 23.2 Å². The summed E-state index contributed by atoms with van der Waals surface area (Å²) in [4.78, 5) is 30.2. The average molecular weight is 372 g/mol. The Balaban J connectivity index is 1.76. The molecular weight excluding hydrogens is 348 g/mol. The third-order valence-corrected chi connectivity index (χ3v) is 5.74. The molecule has 26 heavy (non-hydrogen) atoms. The highest BCUT2D eigenvalue weighted by Crippen LogP contribution is 2.28. The van der Waals surface area contributed by atoms with Crippen LogP contribution in [0.4, 0.5) is 0 Å². The Kier molecular flexibility index (Phi) is 5.41. The number of hydrogen-bond donors (Lipinski definition) is 1. The molecule has 1 saturated heterocycles. The fourth-order valence-corrected chi connectivity index (χ4v) is 4.17. The van der Waals surface area contributed by atoms with E-state index in [0.717, 1.165) is 10.6 Å². The van der Waals surface area contributed by atoms with Crippen LogP contribution in [0.3, 0.4) is 0 Å². The van der Waals surface area contributed by atoms with Crippen molar-refractivity contribution in [3.8, 4) is 10.6 Å². The molecule has 1 aliphatic rings. The fraction of sp³-hybridized carbons (Fsp3) is 0.450. The topological polar surface area (TPSA) is 70.5 Å². The van der Waals surface area contributed by atoms with Crippen LogP contribution in [0.5, 0.6) is 0 Å². The molecule has 2 unspecified atom stereocenters. The fourth-order valence-electron chi connectivity index (χ4n) is 3.37. The first-order valence-corrected chi connectivity index (χ1v) is 9.81. The van der Waals surface area contributed by atoms with Gasteiger partial charge in [-0.3, -0.25) is 9.59 Å². The number of hydrogen-bond acceptors (Lipinski definition) is 4. The van der Waals surface area contributed by atoms with Crippen molar-refractivity contribution in [1.29, 1.82) is 0 Å². The minimum atomic E-state index is -0.835. The second-order valence-corrected chi connectivity index (χ2v) is 8.26. The number of aliphatic carboxylic acids is 1. The van der Waals surface area contributed by atoms with Crippen LogP contribution in [-0.2, 0) is 4.79 Å². The van der Waals surface area contributed by atoms with E-state index in [1.807, 2.05) is 19.1 Å². The van der Waals surface area contributed by atoms with Crippen LogP contribution in [-0.4, -0.2) is 40.0 Å². The number of carboxylic acid groups (broad SMARTS) is 1. The predicted octanol–water partition coefficient (Wildman–Crippen LogP) is 4.12. The molecule has 0 saturated carbocycles. The Hall–Kier alpha value is -2.21. The molecule has 1 aliphatic heterocycles. The molecule has 2 atom stereocenters. The minimum Gasteiger partial charge on any atom is -0.481 e. The summed E-state index contributed by atoms with van der Waals surface area (Å²) >= 11 is 1.44. The predicted molar refractivity (Wildman–Crippen MR) is 102 cm³/mol. The highest BCUT2D eigenvalue weighted by atomic mass is 32.1. The van der Waals surface area contributed by atoms with E-state index in [2.05, 4.69) is 31.0 Å². The van der Waals surface area contributed by atoms with Gasteiger partial charge in [0.05, 0.1) is 5.92 Å². The van der Waals surface area contributed by atoms with Crippen LogP contribution in [0.1, 0.15) is 49.2 Å². The van der Waals surface area contributed by atoms with Crippen molar-refractivity contribution in [2.45, 2.75) is 33.1 Å². The van der Waals surface area contributed by atoms with E-state index in [1.54, 1.807) is 10.3 Å². The van der Waals surface area contributed by atoms with Gasteiger partial charge in [-0.25, -0.2) is 4.98 Å². The Labute approximate surface area is 157 Å². The molecule has 0 radical (unpaired) electrons. The van der Waals surface area contributed by atoms with Crippen molar-refractivity contribution in [2.75, 3.05) is 13.1 Å². The van der Waals surface area contributed by atoms with Crippen molar-refractivity contribution in [1.82, 2.24) is 9.88 Å². The number of amides is 1. The number of likely N-dealkylation sites (tertiary alicyclic amines) is 1. The molecule has 0 aliphatic carbocycles. The highest BCUT2D eigenvalue weighted by molar-refractivity contribution is 7.13. The van der Waals surface area contributed by atoms with E-state index in [1.165, 1.54) is 16.9 Å². The zero-order valence-electron chi connectivity index (χ0n) is 15.3. The van der Waals surface area contributed by atoms with E-state index >= 15 is 0 Å². The lowest BCUT2D eigenvalue weighted by atomic mass is 9.90. The number of benzene rings is 1. The third-order valence-electron chi connectivity index (χ3n) is 4.84. The molecule has 1 fully saturated rings. The first kappa shape index (κ1) is 18.6. The van der Waals surface area contributed by atoms with Gasteiger partial charge in [0.2, 0.25) is 0 Å². The lowest BCUT2D eigenvalue weighted by Crippen LogP contribution is -2.45. The van der Waals surface area contributed by atoms with Gasteiger partial charge < -0.3 is 10.0 Å². The van der Waals surface area contributed by atoms with Crippen molar-refractivity contribution in [3.63, 3.8) is 0 Å². The van der Waals surface area contributed by atoms with Crippen LogP contribution in [0.15, 0.2) is 29.6 Å². The molecule has 2 heterocycles. The van der Waals surface area contributed by atoms with Gasteiger partial charge in [-0.15, -0.1) is 11.3 Å². The first-order valence-electron chi connectivity index (χ1n) is 8.93. The summed E-state index contributed by atoms with van der Waals surface area (Å²) in [5.74, 6) is -0.858. The summed E-state index contributed by atoms with van der Waals surface area (Å²) in [5, 5.41) is 11.9. The normalized spacial score (nSPS) is 20.4. The summed E-state index contributed by atoms with van der Waals surface area (Å²) in [6.45, 7) is 7.13. The number of aromatic nitrogens is 1. The Morgan fingerprint density at radius 3 is 2.54 bits per heavy atom. The number of carbonyl (C=O) groups excluding carboxylic acids is 1. The van der Waals surface area contributed by atoms with Crippen LogP contribution in [0.2, 0.25) is 0 Å². The zero-order chi connectivity index (χ0) is 18.8. The Morgan fingerprint density at radius 2 is 1.92 bits per heavy atom. The third kappa shape index (κ3) is 3.96. The molecule has 0 bridgehead atoms. The van der Waals surface area contributed by atoms with Gasteiger partial charge in [-0.2, -0.15) is 0 Å². The number of rotatable bonds is 4. The van der Waals surface area contributed by atoms with E-state index in [0.29, 0.717) is 24.6 Å². The molecule has 2 aromatic rings. The number of carbonyl (C=O) groups is 2. The van der Waals surface area contributed by atoms with Gasteiger partial charge in [-0.1, -0.05) is 45.0 Å². The smallest absolute Gasteiger partial charge is 0.308 e. The summed E-state index contributed by atoms with van der Waals surface area (Å²) < 4.78 is 0. The molecule has 6 heteroatoms. The van der Waals surface area contributed by atoms with Crippen molar-refractivity contribution in [3.05, 3.63) is 40.9 Å². The van der Waals surface area contributed by atoms with Crippen LogP contribution >= 0.6 is 11.3 Å². The molecule has 1 aromatic heterocycles. The monoisotopic (exact) mass is 372 g/mol. The lowest BCUT2D eigenvalue weighted by Gasteiger charge is -2.34. The lowest BCUT2D eigenvalue weighted by molar-refractivity contribution is -0.143. The van der Waals surface area contributed by atoms with E-state index in [9.17, 15) is 14.7 Å². The maximum atomic E-state index is 12.8. The summed E-state index contributed by atoms with van der Waals surface area (Å²) in [5.41, 5.74) is 2.66. The van der Waals surface area contributed by atoms with Crippen molar-refractivity contribution in [2.24, 2.45) is 11.8 Å². The molecule has 1 amide bonds. The molecule has 1 aromatic carbocycles. The number of nitrogens with zero attached hydrogens (tertiary/aromatic N) is 2. The van der Waals surface area contributed by atoms with Crippen LogP contribution < -0.4 is 0 Å². The molecule has 3 rings (SSSR count). The standard InChI is InChI=1S/C20H24N2O3S/c1-12(2)14-4-6-15(7-5-14)18-21-17(11-26-18)19(23)22-9-13(3)8-16(10-22)20(24)25/h4-7,11-13,16H,8-10H2,1-3H3,(H,24,25). The first-order chi connectivity index (χ1) is 12.3. The van der Waals surface area contributed by atoms with E-state index in [-0.39, 0.29) is 18.4 Å². The number of carboxylic acids is 1. The highest BCUT2D eigenvalue weighted by Gasteiger charge is 2.33. The van der Waals surface area contributed by atoms with E-state index < -0.39 is 11.9 Å². The Bertz CT molecular complexity index is 798. The molecule has 0 spiro atoms. The maximum absolute atomic E-state index is 12.8. The van der Waals surface area contributed by atoms with Crippen LogP contribution in [0, 0.1) is 11.8 Å². The van der Waals surface area contributed by atoms with Gasteiger partial charge in [0.15, 0.2) is 0 Å². The van der Waals surface area contributed by atoms with Crippen LogP contribution in [0.25, 0.3) is 10.6 Å². The van der Waals surface area contributed by atoms with Gasteiger partial charge in [0, 0.05) is 24.0 Å². The van der Waals surface area contributed by atoms with Gasteiger partial charge in [0.1, 0.15) is 10.7 Å². The van der Waals surface area contributed by atoms with E-state index in [4.69, 9.17) is 0 Å². The zero-order valence-corrected chi connectivity index (χ0v) is 16.1. The molecular formula is C20H24N2O3S. The number of piperidine rings is 1. The van der Waals surface area contributed by atoms with Crippen molar-refractivity contribution < 1.29 is 14.7 Å². The Morgan fingerprint density at radius 1 is 1.23 bits per heavy atom. The van der Waals surface area contributed by atoms with Gasteiger partial charge >= 0.3 is 5.97 Å². The summed E-state index contributed by atoms with van der Waals surface area (Å²) in [6.07, 6.45) is 0.615. The quantitative estimate of drug-likeness (QED) is 0.876. The summed E-state index contributed by atoms with van der Waals surface area (Å²) in [7, 11) is 0. The van der Waals surface area contributed by atoms with Gasteiger partial charge in [-0.05, 0) is 23.8 Å². The SMILES string of the molecule is CC1CC(C(=O)O)CN(C(=O)c2csc(-c3ccc(C(C)C)cc3)n2)C1. The maximum Gasteiger partial charge on any atom is 0.308 e. The average Bonchev–Trinajstić information content (AvgIpc) is 3.10. The van der Waals surface area contributed by atoms with Gasteiger partial charge in [0.25, 0.3) is 5.91 Å². The summed E-state index contributed by atoms with van der Waals surface area (Å²) in [6, 6.07) is 8.25. The molecule has 5 nitrogen and oxygen atoms in total. The molecule has 1 N–H and O–H groups in total. The largest absolute Gasteiger partial charge is 0.481 e. The second-order valence-electron chi connectivity index (χ2n) is 7.40. The minimum absolute atomic E-state index is 0.176. The molecule has 138 valence electrons. The second kappa shape index (κ2) is 7.58.